The van der Waals surface area contributed by atoms with E-state index in [0.717, 1.165) is 22.0 Å². The van der Waals surface area contributed by atoms with Gasteiger partial charge >= 0.3 is 6.61 Å². The van der Waals surface area contributed by atoms with E-state index in [9.17, 15) is 23.2 Å². The largest absolute Gasteiger partial charge is 0.493 e. The van der Waals surface area contributed by atoms with Gasteiger partial charge in [0.2, 0.25) is 0 Å². The number of benzene rings is 2. The lowest BCUT2D eigenvalue weighted by molar-refractivity contribution is -0.122. The highest BCUT2D eigenvalue weighted by Crippen LogP contribution is 2.34. The summed E-state index contributed by atoms with van der Waals surface area (Å²) in [5, 5.41) is 3.78. The van der Waals surface area contributed by atoms with Gasteiger partial charge in [-0.1, -0.05) is 30.3 Å². The van der Waals surface area contributed by atoms with Crippen LogP contribution in [0.25, 0.3) is 16.8 Å². The first kappa shape index (κ1) is 24.1. The standard InChI is InChI=1S/C24H19F2N3O5S/c1-33-18-12-14(6-7-17(18)34-23(25)26)13-19-22(31)29(24(32)35-19)11-10-28-21(30)20-16-5-3-2-4-15(16)8-9-27-20/h2-9,12-13,23H,10-11H2,1H3,(H,28,30)/b19-13-. The Morgan fingerprint density at radius 3 is 2.74 bits per heavy atom. The minimum atomic E-state index is -3.01. The van der Waals surface area contributed by atoms with Crippen LogP contribution in [0.15, 0.2) is 59.6 Å². The van der Waals surface area contributed by atoms with Gasteiger partial charge in [-0.05, 0) is 47.0 Å². The Morgan fingerprint density at radius 2 is 1.97 bits per heavy atom. The SMILES string of the molecule is COc1cc(/C=C2\SC(=O)N(CCNC(=O)c3nccc4ccccc34)C2=O)ccc1OC(F)F. The Bertz CT molecular complexity index is 1330. The highest BCUT2D eigenvalue weighted by molar-refractivity contribution is 8.18. The lowest BCUT2D eigenvalue weighted by Crippen LogP contribution is -2.37. The van der Waals surface area contributed by atoms with Crippen molar-refractivity contribution in [2.45, 2.75) is 6.61 Å². The Kier molecular flexibility index (Phi) is 7.25. The number of halogens is 2. The molecule has 0 radical (unpaired) electrons. The average molecular weight is 499 g/mol. The maximum atomic E-state index is 12.7. The number of rotatable bonds is 8. The summed E-state index contributed by atoms with van der Waals surface area (Å²) >= 11 is 0.743. The summed E-state index contributed by atoms with van der Waals surface area (Å²) in [4.78, 5) is 43.1. The van der Waals surface area contributed by atoms with Crippen molar-refractivity contribution in [2.75, 3.05) is 20.2 Å². The molecule has 4 rings (SSSR count). The fourth-order valence-corrected chi connectivity index (χ4v) is 4.34. The molecule has 3 amide bonds. The molecular weight excluding hydrogens is 480 g/mol. The van der Waals surface area contributed by atoms with Gasteiger partial charge in [0.15, 0.2) is 11.5 Å². The van der Waals surface area contributed by atoms with Crippen molar-refractivity contribution < 1.29 is 32.6 Å². The Labute approximate surface area is 202 Å². The molecule has 1 fully saturated rings. The molecule has 1 aromatic heterocycles. The number of amides is 3. The third-order valence-electron chi connectivity index (χ3n) is 5.08. The molecule has 0 unspecified atom stereocenters. The maximum Gasteiger partial charge on any atom is 0.387 e. The smallest absolute Gasteiger partial charge is 0.387 e. The average Bonchev–Trinajstić information content (AvgIpc) is 3.11. The number of imide groups is 1. The normalized spacial score (nSPS) is 14.7. The van der Waals surface area contributed by atoms with Crippen molar-refractivity contribution in [3.05, 3.63) is 70.9 Å². The predicted octanol–water partition coefficient (Wildman–Crippen LogP) is 4.31. The van der Waals surface area contributed by atoms with Crippen LogP contribution in [-0.4, -0.2) is 53.7 Å². The molecule has 1 saturated heterocycles. The zero-order chi connectivity index (χ0) is 24.9. The Morgan fingerprint density at radius 1 is 1.17 bits per heavy atom. The van der Waals surface area contributed by atoms with Crippen LogP contribution in [0.3, 0.4) is 0 Å². The van der Waals surface area contributed by atoms with Crippen molar-refractivity contribution in [1.82, 2.24) is 15.2 Å². The number of fused-ring (bicyclic) bond motifs is 1. The summed E-state index contributed by atoms with van der Waals surface area (Å²) in [7, 11) is 1.30. The van der Waals surface area contributed by atoms with E-state index in [1.54, 1.807) is 18.3 Å². The highest BCUT2D eigenvalue weighted by Gasteiger charge is 2.34. The lowest BCUT2D eigenvalue weighted by Gasteiger charge is -2.13. The molecule has 2 heterocycles. The molecular formula is C24H19F2N3O5S. The van der Waals surface area contributed by atoms with Crippen molar-refractivity contribution in [3.8, 4) is 11.5 Å². The van der Waals surface area contributed by atoms with Crippen LogP contribution in [0.1, 0.15) is 16.1 Å². The first-order chi connectivity index (χ1) is 16.9. The van der Waals surface area contributed by atoms with Gasteiger partial charge in [-0.2, -0.15) is 8.78 Å². The van der Waals surface area contributed by atoms with Gasteiger partial charge in [-0.3, -0.25) is 24.3 Å². The molecule has 0 spiro atoms. The number of aromatic nitrogens is 1. The fraction of sp³-hybridized carbons (Fsp3) is 0.167. The summed E-state index contributed by atoms with van der Waals surface area (Å²) in [5.41, 5.74) is 0.717. The van der Waals surface area contributed by atoms with E-state index in [1.165, 1.54) is 31.4 Å². The van der Waals surface area contributed by atoms with Crippen LogP contribution in [0.2, 0.25) is 0 Å². The minimum Gasteiger partial charge on any atom is -0.493 e. The van der Waals surface area contributed by atoms with Crippen molar-refractivity contribution in [3.63, 3.8) is 0 Å². The predicted molar refractivity (Wildman–Crippen MR) is 126 cm³/mol. The summed E-state index contributed by atoms with van der Waals surface area (Å²) < 4.78 is 34.5. The molecule has 11 heteroatoms. The first-order valence-corrected chi connectivity index (χ1v) is 11.2. The molecule has 180 valence electrons. The quantitative estimate of drug-likeness (QED) is 0.461. The molecule has 3 aromatic rings. The second kappa shape index (κ2) is 10.5. The molecule has 0 atom stereocenters. The number of nitrogens with zero attached hydrogens (tertiary/aromatic N) is 2. The zero-order valence-electron chi connectivity index (χ0n) is 18.4. The van der Waals surface area contributed by atoms with Crippen LogP contribution in [0.4, 0.5) is 13.6 Å². The van der Waals surface area contributed by atoms with Crippen LogP contribution < -0.4 is 14.8 Å². The fourth-order valence-electron chi connectivity index (χ4n) is 3.48. The van der Waals surface area contributed by atoms with Crippen molar-refractivity contribution in [1.29, 1.82) is 0 Å². The van der Waals surface area contributed by atoms with E-state index < -0.39 is 23.7 Å². The van der Waals surface area contributed by atoms with Gasteiger partial charge in [0.25, 0.3) is 17.1 Å². The molecule has 0 saturated carbocycles. The zero-order valence-corrected chi connectivity index (χ0v) is 19.2. The third-order valence-corrected chi connectivity index (χ3v) is 5.99. The molecule has 0 aliphatic carbocycles. The van der Waals surface area contributed by atoms with Gasteiger partial charge < -0.3 is 14.8 Å². The van der Waals surface area contributed by atoms with Crippen LogP contribution in [0, 0.1) is 0 Å². The first-order valence-electron chi connectivity index (χ1n) is 10.4. The second-order valence-corrected chi connectivity index (χ2v) is 8.25. The molecule has 1 N–H and O–H groups in total. The number of carbonyl (C=O) groups excluding carboxylic acids is 3. The monoisotopic (exact) mass is 499 g/mol. The van der Waals surface area contributed by atoms with Crippen LogP contribution in [0.5, 0.6) is 11.5 Å². The van der Waals surface area contributed by atoms with E-state index in [2.05, 4.69) is 15.0 Å². The molecule has 8 nitrogen and oxygen atoms in total. The number of methoxy groups -OCH3 is 1. The molecule has 2 aromatic carbocycles. The number of nitrogens with one attached hydrogen (secondary N) is 1. The molecule has 1 aliphatic rings. The van der Waals surface area contributed by atoms with E-state index in [-0.39, 0.29) is 35.2 Å². The number of hydrogen-bond donors (Lipinski definition) is 1. The number of hydrogen-bond acceptors (Lipinski definition) is 7. The Balaban J connectivity index is 1.41. The summed E-state index contributed by atoms with van der Waals surface area (Å²) in [6.45, 7) is -2.99. The summed E-state index contributed by atoms with van der Waals surface area (Å²) in [6, 6.07) is 13.3. The topological polar surface area (TPSA) is 97.8 Å². The van der Waals surface area contributed by atoms with E-state index in [4.69, 9.17) is 4.74 Å². The number of pyridine rings is 1. The van der Waals surface area contributed by atoms with Gasteiger partial charge in [0, 0.05) is 24.7 Å². The van der Waals surface area contributed by atoms with Crippen LogP contribution in [-0.2, 0) is 4.79 Å². The van der Waals surface area contributed by atoms with E-state index in [0.29, 0.717) is 10.9 Å². The van der Waals surface area contributed by atoms with Crippen molar-refractivity contribution >= 4 is 45.7 Å². The number of carbonyl (C=O) groups is 3. The minimum absolute atomic E-state index is 0.0248. The molecule has 0 bridgehead atoms. The number of ether oxygens (including phenoxy) is 2. The van der Waals surface area contributed by atoms with E-state index in [1.807, 2.05) is 18.2 Å². The summed E-state index contributed by atoms with van der Waals surface area (Å²) in [5.74, 6) is -1.03. The lowest BCUT2D eigenvalue weighted by atomic mass is 10.1. The van der Waals surface area contributed by atoms with Gasteiger partial charge in [0.05, 0.1) is 12.0 Å². The molecule has 35 heavy (non-hydrogen) atoms. The number of thioether (sulfide) groups is 1. The van der Waals surface area contributed by atoms with Gasteiger partial charge in [0.1, 0.15) is 5.69 Å². The third kappa shape index (κ3) is 5.40. The van der Waals surface area contributed by atoms with Crippen LogP contribution >= 0.6 is 11.8 Å². The van der Waals surface area contributed by atoms with Gasteiger partial charge in [-0.15, -0.1) is 0 Å². The highest BCUT2D eigenvalue weighted by atomic mass is 32.2. The van der Waals surface area contributed by atoms with Crippen molar-refractivity contribution in [2.24, 2.45) is 0 Å². The summed E-state index contributed by atoms with van der Waals surface area (Å²) in [6.07, 6.45) is 3.00. The van der Waals surface area contributed by atoms with E-state index >= 15 is 0 Å². The second-order valence-electron chi connectivity index (χ2n) is 7.26. The maximum absolute atomic E-state index is 12.7. The van der Waals surface area contributed by atoms with Gasteiger partial charge in [-0.25, -0.2) is 0 Å². The molecule has 1 aliphatic heterocycles. The Hall–Kier alpha value is -3.99. The number of alkyl halides is 2.